The van der Waals surface area contributed by atoms with Crippen LogP contribution in [0.4, 0.5) is 0 Å². The smallest absolute Gasteiger partial charge is 0.276 e. The molecule has 1 saturated heterocycles. The van der Waals surface area contributed by atoms with Gasteiger partial charge in [0.05, 0.1) is 11.1 Å². The molecule has 0 spiro atoms. The highest BCUT2D eigenvalue weighted by molar-refractivity contribution is 6.23. The van der Waals surface area contributed by atoms with Crippen LogP contribution in [-0.2, 0) is 9.59 Å². The Hall–Kier alpha value is -2.54. The molecule has 4 amide bonds. The SMILES string of the molecule is O=C1CC[C@H](N2C(=O)c3ccccc3C2=O)C(=O)N1O. The van der Waals surface area contributed by atoms with Gasteiger partial charge >= 0.3 is 0 Å². The van der Waals surface area contributed by atoms with Crippen molar-refractivity contribution < 1.29 is 24.4 Å². The Morgan fingerprint density at radius 2 is 1.55 bits per heavy atom. The van der Waals surface area contributed by atoms with Crippen LogP contribution < -0.4 is 0 Å². The highest BCUT2D eigenvalue weighted by Crippen LogP contribution is 2.28. The molecular formula is C13H10N2O5. The summed E-state index contributed by atoms with van der Waals surface area (Å²) in [6, 6.07) is 5.12. The molecule has 2 heterocycles. The Balaban J connectivity index is 1.97. The van der Waals surface area contributed by atoms with Crippen LogP contribution in [0.5, 0.6) is 0 Å². The molecular weight excluding hydrogens is 264 g/mol. The van der Waals surface area contributed by atoms with Crippen molar-refractivity contribution in [1.82, 2.24) is 9.96 Å². The number of hydroxylamine groups is 2. The topological polar surface area (TPSA) is 95.0 Å². The van der Waals surface area contributed by atoms with Crippen LogP contribution in [0.3, 0.4) is 0 Å². The van der Waals surface area contributed by atoms with Crippen molar-refractivity contribution in [3.05, 3.63) is 35.4 Å². The predicted octanol–water partition coefficient (Wildman–Crippen LogP) is 0.189. The summed E-state index contributed by atoms with van der Waals surface area (Å²) in [5.41, 5.74) is 0.457. The molecule has 1 N–H and O–H groups in total. The number of hydrogen-bond donors (Lipinski definition) is 1. The predicted molar refractivity (Wildman–Crippen MR) is 63.6 cm³/mol. The van der Waals surface area contributed by atoms with Crippen molar-refractivity contribution >= 4 is 23.6 Å². The van der Waals surface area contributed by atoms with Crippen LogP contribution in [0.25, 0.3) is 0 Å². The molecule has 1 aromatic carbocycles. The van der Waals surface area contributed by atoms with Crippen LogP contribution in [0, 0.1) is 0 Å². The molecule has 7 nitrogen and oxygen atoms in total. The number of benzene rings is 1. The van der Waals surface area contributed by atoms with Crippen molar-refractivity contribution in [2.45, 2.75) is 18.9 Å². The highest BCUT2D eigenvalue weighted by Gasteiger charge is 2.46. The minimum atomic E-state index is -1.13. The van der Waals surface area contributed by atoms with Gasteiger partial charge in [-0.25, -0.2) is 0 Å². The number of carbonyl (C=O) groups excluding carboxylic acids is 4. The summed E-state index contributed by atoms with van der Waals surface area (Å²) in [5.74, 6) is -2.84. The lowest BCUT2D eigenvalue weighted by atomic mass is 10.0. The Morgan fingerprint density at radius 3 is 2.10 bits per heavy atom. The van der Waals surface area contributed by atoms with Crippen molar-refractivity contribution in [2.24, 2.45) is 0 Å². The fourth-order valence-corrected chi connectivity index (χ4v) is 2.48. The van der Waals surface area contributed by atoms with Gasteiger partial charge in [0.15, 0.2) is 0 Å². The van der Waals surface area contributed by atoms with Gasteiger partial charge in [-0.05, 0) is 18.6 Å². The largest absolute Gasteiger partial charge is 0.278 e. The lowest BCUT2D eigenvalue weighted by Gasteiger charge is -2.30. The number of piperidine rings is 1. The number of rotatable bonds is 1. The van der Waals surface area contributed by atoms with Gasteiger partial charge in [-0.3, -0.25) is 29.3 Å². The molecule has 102 valence electrons. The average molecular weight is 274 g/mol. The van der Waals surface area contributed by atoms with E-state index in [0.717, 1.165) is 4.90 Å². The van der Waals surface area contributed by atoms with E-state index in [2.05, 4.69) is 0 Å². The second-order valence-electron chi connectivity index (χ2n) is 4.62. The molecule has 1 fully saturated rings. The van der Waals surface area contributed by atoms with Crippen LogP contribution in [0.2, 0.25) is 0 Å². The molecule has 1 aromatic rings. The fourth-order valence-electron chi connectivity index (χ4n) is 2.48. The third kappa shape index (κ3) is 1.56. The minimum absolute atomic E-state index is 0.0162. The first-order chi connectivity index (χ1) is 9.52. The first kappa shape index (κ1) is 12.5. The van der Waals surface area contributed by atoms with Crippen molar-refractivity contribution in [1.29, 1.82) is 0 Å². The third-order valence-electron chi connectivity index (χ3n) is 3.50. The van der Waals surface area contributed by atoms with E-state index < -0.39 is 29.7 Å². The molecule has 0 radical (unpaired) electrons. The number of hydrogen-bond acceptors (Lipinski definition) is 5. The summed E-state index contributed by atoms with van der Waals surface area (Å²) in [7, 11) is 0. The first-order valence-electron chi connectivity index (χ1n) is 6.05. The van der Waals surface area contributed by atoms with Crippen molar-refractivity contribution in [3.8, 4) is 0 Å². The number of imide groups is 2. The van der Waals surface area contributed by atoms with Gasteiger partial charge in [-0.15, -0.1) is 0 Å². The fraction of sp³-hybridized carbons (Fsp3) is 0.231. The standard InChI is InChI=1S/C13H10N2O5/c16-10-6-5-9(13(19)15(10)20)14-11(17)7-3-1-2-4-8(7)12(14)18/h1-4,9,20H,5-6H2/t9-/m0/s1. The summed E-state index contributed by atoms with van der Waals surface area (Å²) >= 11 is 0. The normalized spacial score (nSPS) is 22.6. The minimum Gasteiger partial charge on any atom is -0.278 e. The van der Waals surface area contributed by atoms with Crippen LogP contribution in [0.1, 0.15) is 33.6 Å². The van der Waals surface area contributed by atoms with E-state index in [1.54, 1.807) is 12.1 Å². The third-order valence-corrected chi connectivity index (χ3v) is 3.50. The Morgan fingerprint density at radius 1 is 1.00 bits per heavy atom. The molecule has 20 heavy (non-hydrogen) atoms. The van der Waals surface area contributed by atoms with Gasteiger partial charge < -0.3 is 0 Å². The van der Waals surface area contributed by atoms with Gasteiger partial charge in [0, 0.05) is 6.42 Å². The van der Waals surface area contributed by atoms with Crippen molar-refractivity contribution in [3.63, 3.8) is 0 Å². The lowest BCUT2D eigenvalue weighted by Crippen LogP contribution is -2.55. The number of fused-ring (bicyclic) bond motifs is 1. The molecule has 0 aliphatic carbocycles. The molecule has 0 saturated carbocycles. The summed E-state index contributed by atoms with van der Waals surface area (Å²) in [6.45, 7) is 0. The lowest BCUT2D eigenvalue weighted by molar-refractivity contribution is -0.186. The van der Waals surface area contributed by atoms with E-state index in [1.165, 1.54) is 12.1 Å². The zero-order chi connectivity index (χ0) is 14.4. The molecule has 0 bridgehead atoms. The van der Waals surface area contributed by atoms with Gasteiger partial charge in [0.25, 0.3) is 23.6 Å². The Bertz CT molecular complexity index is 619. The second-order valence-corrected chi connectivity index (χ2v) is 4.62. The van der Waals surface area contributed by atoms with Gasteiger partial charge in [0.1, 0.15) is 6.04 Å². The molecule has 1 atom stereocenters. The number of carbonyl (C=O) groups is 4. The number of amides is 4. The highest BCUT2D eigenvalue weighted by atomic mass is 16.5. The monoisotopic (exact) mass is 274 g/mol. The van der Waals surface area contributed by atoms with Gasteiger partial charge in [0.2, 0.25) is 0 Å². The summed E-state index contributed by atoms with van der Waals surface area (Å²) < 4.78 is 0. The summed E-state index contributed by atoms with van der Waals surface area (Å²) in [6.07, 6.45) is -0.0689. The Labute approximate surface area is 113 Å². The maximum atomic E-state index is 12.2. The van der Waals surface area contributed by atoms with Crippen LogP contribution in [-0.4, -0.2) is 44.8 Å². The zero-order valence-corrected chi connectivity index (χ0v) is 10.3. The van der Waals surface area contributed by atoms with Crippen LogP contribution >= 0.6 is 0 Å². The van der Waals surface area contributed by atoms with E-state index in [1.807, 2.05) is 0 Å². The second kappa shape index (κ2) is 4.24. The zero-order valence-electron chi connectivity index (χ0n) is 10.3. The molecule has 7 heteroatoms. The first-order valence-corrected chi connectivity index (χ1v) is 6.05. The summed E-state index contributed by atoms with van der Waals surface area (Å²) in [4.78, 5) is 48.3. The van der Waals surface area contributed by atoms with Gasteiger partial charge in [-0.2, -0.15) is 5.06 Å². The van der Waals surface area contributed by atoms with E-state index >= 15 is 0 Å². The molecule has 0 aromatic heterocycles. The van der Waals surface area contributed by atoms with E-state index in [9.17, 15) is 24.4 Å². The quantitative estimate of drug-likeness (QED) is 0.582. The maximum absolute atomic E-state index is 12.2. The number of nitrogens with zero attached hydrogens (tertiary/aromatic N) is 2. The molecule has 0 unspecified atom stereocenters. The van der Waals surface area contributed by atoms with Crippen LogP contribution in [0.15, 0.2) is 24.3 Å². The molecule has 2 aliphatic rings. The maximum Gasteiger partial charge on any atom is 0.276 e. The summed E-state index contributed by atoms with van der Waals surface area (Å²) in [5, 5.41) is 9.34. The van der Waals surface area contributed by atoms with E-state index in [4.69, 9.17) is 0 Å². The van der Waals surface area contributed by atoms with Crippen molar-refractivity contribution in [2.75, 3.05) is 0 Å². The van der Waals surface area contributed by atoms with Gasteiger partial charge in [-0.1, -0.05) is 12.1 Å². The Kier molecular flexibility index (Phi) is 2.65. The average Bonchev–Trinajstić information content (AvgIpc) is 2.70. The van der Waals surface area contributed by atoms with E-state index in [-0.39, 0.29) is 29.0 Å². The molecule has 3 rings (SSSR count). The molecule has 2 aliphatic heterocycles. The van der Waals surface area contributed by atoms with E-state index in [0.29, 0.717) is 0 Å².